The minimum atomic E-state index is 0.468. The van der Waals surface area contributed by atoms with Gasteiger partial charge in [-0.15, -0.1) is 10.2 Å². The van der Waals surface area contributed by atoms with Crippen LogP contribution in [0, 0.1) is 6.92 Å². The Morgan fingerprint density at radius 3 is 2.17 bits per heavy atom. The number of hydrogen-bond donors (Lipinski definition) is 1. The molecule has 0 atom stereocenters. The molecule has 2 aromatic carbocycles. The molecule has 2 heterocycles. The summed E-state index contributed by atoms with van der Waals surface area (Å²) in [6, 6.07) is 13.6. The Morgan fingerprint density at radius 1 is 1.09 bits per heavy atom. The van der Waals surface area contributed by atoms with Crippen molar-refractivity contribution in [2.75, 3.05) is 20.7 Å². The molecule has 3 aromatic rings. The second-order valence-electron chi connectivity index (χ2n) is 6.50. The van der Waals surface area contributed by atoms with E-state index in [1.807, 2.05) is 88.7 Å². The number of benzene rings is 2. The lowest BCUT2D eigenvalue weighted by Crippen LogP contribution is -2.08. The van der Waals surface area contributed by atoms with Crippen LogP contribution >= 0.6 is 11.6 Å². The Bertz CT molecular complexity index is 1030. The highest BCUT2D eigenvalue weighted by atomic mass is 35.5. The van der Waals surface area contributed by atoms with Crippen molar-refractivity contribution in [1.82, 2.24) is 20.1 Å². The number of hydrogen-bond acceptors (Lipinski definition) is 6. The van der Waals surface area contributed by atoms with E-state index < -0.39 is 0 Å². The quantitative estimate of drug-likeness (QED) is 0.440. The fraction of sp³-hybridized carbons (Fsp3) is 0.407. The van der Waals surface area contributed by atoms with Crippen LogP contribution in [0.4, 0.5) is 0 Å². The van der Waals surface area contributed by atoms with Crippen LogP contribution < -0.4 is 10.1 Å². The average Bonchev–Trinajstić information content (AvgIpc) is 3.19. The largest absolute Gasteiger partial charge is 0.497 e. The summed E-state index contributed by atoms with van der Waals surface area (Å²) in [5.74, 6) is 2.44. The Kier molecular flexibility index (Phi) is 16.7. The summed E-state index contributed by atoms with van der Waals surface area (Å²) in [5, 5.41) is 12.1. The van der Waals surface area contributed by atoms with E-state index in [4.69, 9.17) is 26.1 Å². The lowest BCUT2D eigenvalue weighted by molar-refractivity contribution is -0.106. The third-order valence-electron chi connectivity index (χ3n) is 4.44. The topological polar surface area (TPSA) is 81.4 Å². The number of methoxy groups -OCH3 is 1. The van der Waals surface area contributed by atoms with Crippen LogP contribution in [-0.2, 0) is 11.3 Å². The van der Waals surface area contributed by atoms with Crippen LogP contribution in [0.25, 0.3) is 5.69 Å². The van der Waals surface area contributed by atoms with Gasteiger partial charge in [0.05, 0.1) is 18.5 Å². The van der Waals surface area contributed by atoms with Gasteiger partial charge in [-0.1, -0.05) is 58.4 Å². The molecule has 192 valence electrons. The van der Waals surface area contributed by atoms with Crippen molar-refractivity contribution in [2.45, 2.75) is 55.0 Å². The van der Waals surface area contributed by atoms with Crippen molar-refractivity contribution in [3.05, 3.63) is 70.3 Å². The summed E-state index contributed by atoms with van der Waals surface area (Å²) < 4.78 is 7.45. The zero-order valence-corrected chi connectivity index (χ0v) is 23.3. The van der Waals surface area contributed by atoms with Crippen molar-refractivity contribution in [1.29, 1.82) is 0 Å². The number of fused-ring (bicyclic) bond motifs is 3. The molecule has 1 N–H and O–H groups in total. The maximum Gasteiger partial charge on any atom is 0.159 e. The number of halogens is 1. The second-order valence-corrected chi connectivity index (χ2v) is 6.93. The molecular weight excluding hydrogens is 462 g/mol. The summed E-state index contributed by atoms with van der Waals surface area (Å²) in [6.07, 6.45) is 0.750. The third kappa shape index (κ3) is 9.26. The predicted octanol–water partition coefficient (Wildman–Crippen LogP) is 6.07. The van der Waals surface area contributed by atoms with Gasteiger partial charge in [-0.25, -0.2) is 0 Å². The Hall–Kier alpha value is -3.03. The van der Waals surface area contributed by atoms with Crippen molar-refractivity contribution >= 4 is 23.6 Å². The van der Waals surface area contributed by atoms with Gasteiger partial charge in [0.2, 0.25) is 0 Å². The van der Waals surface area contributed by atoms with E-state index in [0.29, 0.717) is 11.6 Å². The first-order valence-electron chi connectivity index (χ1n) is 11.9. The summed E-state index contributed by atoms with van der Waals surface area (Å²) >= 11 is 6.02. The van der Waals surface area contributed by atoms with Gasteiger partial charge in [0.15, 0.2) is 5.82 Å². The van der Waals surface area contributed by atoms with Gasteiger partial charge in [-0.3, -0.25) is 9.56 Å². The molecule has 4 rings (SSSR count). The highest BCUT2D eigenvalue weighted by molar-refractivity contribution is 6.30. The van der Waals surface area contributed by atoms with Gasteiger partial charge >= 0.3 is 0 Å². The number of aliphatic imine (C=N–C) groups is 1. The molecule has 0 unspecified atom stereocenters. The third-order valence-corrected chi connectivity index (χ3v) is 4.69. The Balaban J connectivity index is 0.000000909. The lowest BCUT2D eigenvalue weighted by Gasteiger charge is -2.14. The fourth-order valence-corrected chi connectivity index (χ4v) is 3.06. The number of rotatable bonds is 3. The van der Waals surface area contributed by atoms with Gasteiger partial charge in [0.25, 0.3) is 0 Å². The molecule has 0 radical (unpaired) electrons. The van der Waals surface area contributed by atoms with E-state index in [2.05, 4.69) is 22.4 Å². The number of aryl methyl sites for hydroxylation is 1. The maximum absolute atomic E-state index is 8.81. The first-order chi connectivity index (χ1) is 17.0. The number of nitrogens with zero attached hydrogens (tertiary/aromatic N) is 4. The minimum absolute atomic E-state index is 0.468. The Morgan fingerprint density at radius 2 is 1.66 bits per heavy atom. The molecule has 0 fully saturated rings. The van der Waals surface area contributed by atoms with Crippen molar-refractivity contribution < 1.29 is 9.53 Å². The molecule has 1 aliphatic rings. The lowest BCUT2D eigenvalue weighted by atomic mass is 10.00. The molecule has 0 aliphatic carbocycles. The molecule has 0 amide bonds. The maximum atomic E-state index is 8.81. The molecule has 1 aromatic heterocycles. The van der Waals surface area contributed by atoms with Gasteiger partial charge < -0.3 is 14.8 Å². The van der Waals surface area contributed by atoms with Crippen molar-refractivity contribution in [3.63, 3.8) is 0 Å². The Labute approximate surface area is 215 Å². The van der Waals surface area contributed by atoms with Crippen LogP contribution in [0.15, 0.2) is 47.5 Å². The molecule has 0 saturated carbocycles. The fourth-order valence-electron chi connectivity index (χ4n) is 2.94. The number of ether oxygens (including phenoxy) is 1. The summed E-state index contributed by atoms with van der Waals surface area (Å²) in [4.78, 5) is 13.6. The van der Waals surface area contributed by atoms with E-state index >= 15 is 0 Å². The van der Waals surface area contributed by atoms with Gasteiger partial charge in [-0.05, 0) is 57.8 Å². The normalized spacial score (nSPS) is 10.4. The second kappa shape index (κ2) is 18.3. The van der Waals surface area contributed by atoms with Gasteiger partial charge in [0, 0.05) is 16.1 Å². The van der Waals surface area contributed by atoms with E-state index in [1.54, 1.807) is 7.11 Å². The molecule has 0 bridgehead atoms. The minimum Gasteiger partial charge on any atom is -0.497 e. The molecule has 8 heteroatoms. The first-order valence-corrected chi connectivity index (χ1v) is 12.3. The summed E-state index contributed by atoms with van der Waals surface area (Å²) in [5.41, 5.74) is 3.88. The van der Waals surface area contributed by atoms with Crippen LogP contribution in [0.3, 0.4) is 0 Å². The predicted molar refractivity (Wildman–Crippen MR) is 147 cm³/mol. The van der Waals surface area contributed by atoms with E-state index in [9.17, 15) is 0 Å². The summed E-state index contributed by atoms with van der Waals surface area (Å²) in [6.45, 7) is 15.0. The summed E-state index contributed by atoms with van der Waals surface area (Å²) in [7, 11) is 3.59. The highest BCUT2D eigenvalue weighted by Crippen LogP contribution is 2.29. The van der Waals surface area contributed by atoms with Crippen LogP contribution in [0.5, 0.6) is 5.75 Å². The standard InChI is InChI=1S/C18H15ClN4O.C3H9N.C2H4O.2C2H6/c1-11-21-22-17-10-20-18(12-3-5-13(19)6-4-12)15-9-14(24-2)7-8-16(15)23(11)17;1-3-4-2;1-2-3;2*1-2/h3-9H,10H2,1-2H3;4H,3H2,1-2H3;2H,1H3;2*1-2H3. The molecule has 7 nitrogen and oxygen atoms in total. The highest BCUT2D eigenvalue weighted by Gasteiger charge is 2.22. The van der Waals surface area contributed by atoms with Gasteiger partial charge in [0.1, 0.15) is 24.4 Å². The van der Waals surface area contributed by atoms with E-state index in [0.717, 1.165) is 52.8 Å². The zero-order valence-electron chi connectivity index (χ0n) is 22.5. The smallest absolute Gasteiger partial charge is 0.159 e. The zero-order chi connectivity index (χ0) is 26.8. The molecule has 0 spiro atoms. The molecule has 1 aliphatic heterocycles. The van der Waals surface area contributed by atoms with Crippen molar-refractivity contribution in [3.8, 4) is 11.4 Å². The number of aromatic nitrogens is 3. The SMILES string of the molecule is CC.CC.CC=O.CCNC.COc1ccc2c(c1)C(c1ccc(Cl)cc1)=NCc1nnc(C)n1-2. The number of carbonyl (C=O) groups excluding carboxylic acids is 1. The molecular formula is C27H40ClN5O2. The van der Waals surface area contributed by atoms with Crippen LogP contribution in [0.2, 0.25) is 5.02 Å². The van der Waals surface area contributed by atoms with Crippen LogP contribution in [0.1, 0.15) is 64.3 Å². The average molecular weight is 502 g/mol. The van der Waals surface area contributed by atoms with Crippen LogP contribution in [-0.4, -0.2) is 47.5 Å². The molecule has 0 saturated heterocycles. The number of aldehydes is 1. The van der Waals surface area contributed by atoms with Gasteiger partial charge in [-0.2, -0.15) is 0 Å². The van der Waals surface area contributed by atoms with E-state index in [-0.39, 0.29) is 0 Å². The molecule has 35 heavy (non-hydrogen) atoms. The first kappa shape index (κ1) is 32.0. The number of nitrogens with one attached hydrogen (secondary N) is 1. The van der Waals surface area contributed by atoms with E-state index in [1.165, 1.54) is 6.92 Å². The monoisotopic (exact) mass is 501 g/mol. The van der Waals surface area contributed by atoms with Crippen molar-refractivity contribution in [2.24, 2.45) is 4.99 Å². The number of carbonyl (C=O) groups is 1.